The first-order valence-corrected chi connectivity index (χ1v) is 5.48. The number of hydrogen-bond acceptors (Lipinski definition) is 2. The number of nitrogens with two attached hydrogens (primary N) is 1. The molecule has 0 heterocycles. The number of carbonyl (C=O) groups is 1. The van der Waals surface area contributed by atoms with Gasteiger partial charge in [0.1, 0.15) is 5.82 Å². The molecular formula is C12H15FN2O. The molecule has 0 atom stereocenters. The Balaban J connectivity index is 2.00. The van der Waals surface area contributed by atoms with Crippen LogP contribution in [0.1, 0.15) is 35.2 Å². The number of carbonyl (C=O) groups excluding carboxylic acids is 1. The minimum atomic E-state index is -0.600. The van der Waals surface area contributed by atoms with E-state index in [9.17, 15) is 9.18 Å². The lowest BCUT2D eigenvalue weighted by Crippen LogP contribution is -2.34. The van der Waals surface area contributed by atoms with E-state index in [-0.39, 0.29) is 11.4 Å². The Morgan fingerprint density at radius 3 is 2.75 bits per heavy atom. The van der Waals surface area contributed by atoms with E-state index >= 15 is 0 Å². The summed E-state index contributed by atoms with van der Waals surface area (Å²) in [6.45, 7) is 0.509. The molecule has 16 heavy (non-hydrogen) atoms. The van der Waals surface area contributed by atoms with Gasteiger partial charge in [0, 0.05) is 23.7 Å². The van der Waals surface area contributed by atoms with Crippen molar-refractivity contribution in [3.63, 3.8) is 0 Å². The van der Waals surface area contributed by atoms with Crippen molar-refractivity contribution < 1.29 is 9.18 Å². The van der Waals surface area contributed by atoms with Gasteiger partial charge in [-0.2, -0.15) is 0 Å². The fourth-order valence-electron chi connectivity index (χ4n) is 1.71. The Hall–Kier alpha value is -1.42. The number of nitrogens with one attached hydrogen (secondary N) is 1. The molecule has 4 heteroatoms. The van der Waals surface area contributed by atoms with Crippen LogP contribution in [-0.2, 0) is 6.54 Å². The lowest BCUT2D eigenvalue weighted by atomic mass is 9.93. The summed E-state index contributed by atoms with van der Waals surface area (Å²) in [5, 5.41) is 3.27. The molecule has 86 valence electrons. The lowest BCUT2D eigenvalue weighted by molar-refractivity contribution is 0.1000. The van der Waals surface area contributed by atoms with Crippen LogP contribution in [-0.4, -0.2) is 11.9 Å². The second kappa shape index (κ2) is 4.61. The summed E-state index contributed by atoms with van der Waals surface area (Å²) in [6, 6.07) is 4.89. The van der Waals surface area contributed by atoms with Crippen molar-refractivity contribution in [2.45, 2.75) is 31.8 Å². The van der Waals surface area contributed by atoms with Gasteiger partial charge in [-0.3, -0.25) is 4.79 Å². The molecule has 0 bridgehead atoms. The number of amides is 1. The molecule has 0 aromatic heterocycles. The number of primary amides is 1. The van der Waals surface area contributed by atoms with Crippen LogP contribution in [0.2, 0.25) is 0 Å². The average molecular weight is 222 g/mol. The Morgan fingerprint density at radius 1 is 1.50 bits per heavy atom. The van der Waals surface area contributed by atoms with Gasteiger partial charge in [0.05, 0.1) is 0 Å². The number of hydrogen-bond donors (Lipinski definition) is 2. The van der Waals surface area contributed by atoms with Crippen LogP contribution >= 0.6 is 0 Å². The first-order valence-electron chi connectivity index (χ1n) is 5.48. The molecule has 3 N–H and O–H groups in total. The van der Waals surface area contributed by atoms with E-state index in [1.807, 2.05) is 0 Å². The molecule has 1 aromatic rings. The maximum Gasteiger partial charge on any atom is 0.248 e. The zero-order valence-electron chi connectivity index (χ0n) is 9.00. The third-order valence-corrected chi connectivity index (χ3v) is 3.02. The molecule has 1 aromatic carbocycles. The zero-order valence-corrected chi connectivity index (χ0v) is 9.00. The minimum Gasteiger partial charge on any atom is -0.366 e. The number of benzene rings is 1. The molecule has 1 amide bonds. The van der Waals surface area contributed by atoms with Gasteiger partial charge >= 0.3 is 0 Å². The van der Waals surface area contributed by atoms with Crippen LogP contribution in [0.25, 0.3) is 0 Å². The number of rotatable bonds is 4. The number of halogens is 1. The zero-order chi connectivity index (χ0) is 11.5. The van der Waals surface area contributed by atoms with Gasteiger partial charge in [-0.25, -0.2) is 4.39 Å². The monoisotopic (exact) mass is 222 g/mol. The molecule has 0 radical (unpaired) electrons. The predicted molar refractivity (Wildman–Crippen MR) is 59.4 cm³/mol. The molecule has 0 saturated heterocycles. The van der Waals surface area contributed by atoms with Gasteiger partial charge in [0.15, 0.2) is 0 Å². The lowest BCUT2D eigenvalue weighted by Gasteiger charge is -2.26. The third kappa shape index (κ3) is 2.39. The van der Waals surface area contributed by atoms with Crippen molar-refractivity contribution >= 4 is 5.91 Å². The summed E-state index contributed by atoms with van der Waals surface area (Å²) < 4.78 is 13.5. The first-order chi connectivity index (χ1) is 7.66. The third-order valence-electron chi connectivity index (χ3n) is 3.02. The molecule has 1 aliphatic rings. The van der Waals surface area contributed by atoms with Crippen LogP contribution in [0.4, 0.5) is 4.39 Å². The highest BCUT2D eigenvalue weighted by atomic mass is 19.1. The predicted octanol–water partition coefficient (Wildman–Crippen LogP) is 1.57. The van der Waals surface area contributed by atoms with E-state index in [0.29, 0.717) is 18.2 Å². The first kappa shape index (κ1) is 11.1. The van der Waals surface area contributed by atoms with E-state index in [4.69, 9.17) is 5.73 Å². The van der Waals surface area contributed by atoms with Gasteiger partial charge in [-0.15, -0.1) is 0 Å². The summed E-state index contributed by atoms with van der Waals surface area (Å²) in [5.74, 6) is -0.972. The normalized spacial score (nSPS) is 15.8. The van der Waals surface area contributed by atoms with Crippen LogP contribution in [0, 0.1) is 5.82 Å². The summed E-state index contributed by atoms with van der Waals surface area (Å²) in [7, 11) is 0. The summed E-state index contributed by atoms with van der Waals surface area (Å²) in [5.41, 5.74) is 5.86. The van der Waals surface area contributed by atoms with Gasteiger partial charge in [0.2, 0.25) is 5.91 Å². The molecule has 1 saturated carbocycles. The molecule has 0 unspecified atom stereocenters. The van der Waals surface area contributed by atoms with Crippen LogP contribution < -0.4 is 11.1 Å². The minimum absolute atomic E-state index is 0.213. The highest BCUT2D eigenvalue weighted by Crippen LogP contribution is 2.19. The molecular weight excluding hydrogens is 207 g/mol. The van der Waals surface area contributed by atoms with E-state index in [2.05, 4.69) is 5.32 Å². The van der Waals surface area contributed by atoms with Crippen molar-refractivity contribution in [3.05, 3.63) is 35.1 Å². The SMILES string of the molecule is NC(=O)c1ccc(CNC2CCC2)c(F)c1. The van der Waals surface area contributed by atoms with Crippen LogP contribution in [0.15, 0.2) is 18.2 Å². The molecule has 0 aliphatic heterocycles. The summed E-state index contributed by atoms with van der Waals surface area (Å²) in [6.07, 6.45) is 3.59. The Bertz CT molecular complexity index is 402. The van der Waals surface area contributed by atoms with Crippen molar-refractivity contribution in [2.24, 2.45) is 5.73 Å². The molecule has 1 fully saturated rings. The highest BCUT2D eigenvalue weighted by Gasteiger charge is 2.17. The van der Waals surface area contributed by atoms with Crippen molar-refractivity contribution in [2.75, 3.05) is 0 Å². The summed E-state index contributed by atoms with van der Waals surface area (Å²) >= 11 is 0. The topological polar surface area (TPSA) is 55.1 Å². The second-order valence-electron chi connectivity index (χ2n) is 4.18. The van der Waals surface area contributed by atoms with E-state index < -0.39 is 5.91 Å². The van der Waals surface area contributed by atoms with Gasteiger partial charge < -0.3 is 11.1 Å². The van der Waals surface area contributed by atoms with E-state index in [1.165, 1.54) is 25.3 Å². The molecule has 0 spiro atoms. The van der Waals surface area contributed by atoms with Gasteiger partial charge in [-0.1, -0.05) is 12.5 Å². The Labute approximate surface area is 93.8 Å². The van der Waals surface area contributed by atoms with Crippen molar-refractivity contribution in [1.82, 2.24) is 5.32 Å². The van der Waals surface area contributed by atoms with Gasteiger partial charge in [-0.05, 0) is 25.0 Å². The average Bonchev–Trinajstić information content (AvgIpc) is 2.17. The quantitative estimate of drug-likeness (QED) is 0.812. The molecule has 1 aliphatic carbocycles. The Morgan fingerprint density at radius 2 is 2.25 bits per heavy atom. The van der Waals surface area contributed by atoms with Crippen LogP contribution in [0.3, 0.4) is 0 Å². The standard InChI is InChI=1S/C12H15FN2O/c13-11-6-8(12(14)16)4-5-9(11)7-15-10-2-1-3-10/h4-6,10,15H,1-3,7H2,(H2,14,16). The van der Waals surface area contributed by atoms with Crippen LogP contribution in [0.5, 0.6) is 0 Å². The second-order valence-corrected chi connectivity index (χ2v) is 4.18. The Kier molecular flexibility index (Phi) is 3.19. The van der Waals surface area contributed by atoms with E-state index in [0.717, 1.165) is 0 Å². The largest absolute Gasteiger partial charge is 0.366 e. The van der Waals surface area contributed by atoms with E-state index in [1.54, 1.807) is 12.1 Å². The fraction of sp³-hybridized carbons (Fsp3) is 0.417. The van der Waals surface area contributed by atoms with Crippen molar-refractivity contribution in [1.29, 1.82) is 0 Å². The maximum atomic E-state index is 13.5. The summed E-state index contributed by atoms with van der Waals surface area (Å²) in [4.78, 5) is 10.8. The van der Waals surface area contributed by atoms with Crippen molar-refractivity contribution in [3.8, 4) is 0 Å². The maximum absolute atomic E-state index is 13.5. The highest BCUT2D eigenvalue weighted by molar-refractivity contribution is 5.92. The smallest absolute Gasteiger partial charge is 0.248 e. The van der Waals surface area contributed by atoms with Gasteiger partial charge in [0.25, 0.3) is 0 Å². The molecule has 3 nitrogen and oxygen atoms in total. The fourth-order valence-corrected chi connectivity index (χ4v) is 1.71. The molecule has 2 rings (SSSR count).